The number of aliphatic hydroxyl groups is 2. The van der Waals surface area contributed by atoms with Crippen LogP contribution in [-0.2, 0) is 55.8 Å². The molecule has 0 aliphatic rings. The van der Waals surface area contributed by atoms with Crippen LogP contribution in [0.3, 0.4) is 0 Å². The molecule has 0 saturated heterocycles. The third-order valence-electron chi connectivity index (χ3n) is 22.5. The Morgan fingerprint density at radius 3 is 0.622 bits per heavy atom. The van der Waals surface area contributed by atoms with Crippen LogP contribution >= 0.6 is 15.6 Å². The maximum absolute atomic E-state index is 13.1. The molecule has 5 unspecified atom stereocenters. The summed E-state index contributed by atoms with van der Waals surface area (Å²) in [4.78, 5) is 59.2. The summed E-state index contributed by atoms with van der Waals surface area (Å²) in [5.41, 5.74) is 0. The van der Waals surface area contributed by atoms with Gasteiger partial charge in [0.05, 0.1) is 26.4 Å². The Morgan fingerprint density at radius 2 is 0.394 bits per heavy atom. The molecule has 0 saturated carbocycles. The minimum absolute atomic E-state index is 0.102. The smallest absolute Gasteiger partial charge is 0.463 e. The van der Waals surface area contributed by atoms with E-state index >= 15 is 0 Å². The number of phosphoric acid groups is 2. The molecule has 0 bridgehead atoms. The Labute approximate surface area is 778 Å². The van der Waals surface area contributed by atoms with Gasteiger partial charge in [0.15, 0.2) is 6.10 Å². The predicted molar refractivity (Wildman–Crippen MR) is 537 cm³/mol. The van der Waals surface area contributed by atoms with E-state index in [-0.39, 0.29) is 19.3 Å². The van der Waals surface area contributed by atoms with Gasteiger partial charge in [0, 0.05) is 19.3 Å². The van der Waals surface area contributed by atoms with Gasteiger partial charge in [-0.2, -0.15) is 0 Å². The van der Waals surface area contributed by atoms with Crippen LogP contribution in [0.5, 0.6) is 0 Å². The van der Waals surface area contributed by atoms with E-state index in [2.05, 4.69) is 167 Å². The van der Waals surface area contributed by atoms with Gasteiger partial charge in [-0.05, 0) is 154 Å². The lowest BCUT2D eigenvalue weighted by Gasteiger charge is -2.21. The Hall–Kier alpha value is -4.57. The van der Waals surface area contributed by atoms with E-state index in [1.54, 1.807) is 0 Å². The molecule has 0 aliphatic carbocycles. The lowest BCUT2D eigenvalue weighted by atomic mass is 10.0. The highest BCUT2D eigenvalue weighted by atomic mass is 31.2. The van der Waals surface area contributed by atoms with Gasteiger partial charge in [0.1, 0.15) is 25.4 Å². The highest BCUT2D eigenvalue weighted by molar-refractivity contribution is 7.47. The molecular weight excluding hydrogens is 1630 g/mol. The number of aliphatic hydroxyl groups excluding tert-OH is 2. The van der Waals surface area contributed by atoms with Crippen LogP contribution in [0.1, 0.15) is 470 Å². The van der Waals surface area contributed by atoms with Crippen molar-refractivity contribution in [1.29, 1.82) is 0 Å². The van der Waals surface area contributed by atoms with Crippen molar-refractivity contribution in [1.82, 2.24) is 0 Å². The molecular formula is C109H192O16P2. The van der Waals surface area contributed by atoms with Gasteiger partial charge in [-0.15, -0.1) is 0 Å². The Kier molecular flexibility index (Phi) is 96.8. The van der Waals surface area contributed by atoms with Crippen molar-refractivity contribution in [3.63, 3.8) is 0 Å². The fraction of sp³-hybridized carbons (Fsp3) is 0.752. The average molecular weight is 1820 g/mol. The minimum atomic E-state index is -4.95. The van der Waals surface area contributed by atoms with E-state index in [0.717, 1.165) is 128 Å². The van der Waals surface area contributed by atoms with Crippen molar-refractivity contribution in [3.05, 3.63) is 146 Å². The van der Waals surface area contributed by atoms with Gasteiger partial charge >= 0.3 is 33.6 Å². The molecule has 5 atom stereocenters. The fourth-order valence-electron chi connectivity index (χ4n) is 14.6. The Bertz CT molecular complexity index is 2890. The van der Waals surface area contributed by atoms with Crippen LogP contribution in [0.25, 0.3) is 0 Å². The van der Waals surface area contributed by atoms with E-state index in [9.17, 15) is 43.5 Å². The molecule has 0 rings (SSSR count). The van der Waals surface area contributed by atoms with Gasteiger partial charge < -0.3 is 34.2 Å². The second-order valence-corrected chi connectivity index (χ2v) is 37.9. The number of carbonyl (C=O) groups excluding carboxylic acids is 3. The third kappa shape index (κ3) is 102. The van der Waals surface area contributed by atoms with Crippen molar-refractivity contribution in [3.8, 4) is 0 Å². The number of hydrogen-bond acceptors (Lipinski definition) is 14. The molecule has 0 fully saturated rings. The van der Waals surface area contributed by atoms with E-state index < -0.39 is 91.5 Å². The van der Waals surface area contributed by atoms with Gasteiger partial charge in [0.25, 0.3) is 0 Å². The summed E-state index contributed by atoms with van der Waals surface area (Å²) in [6, 6.07) is 0. The molecule has 0 heterocycles. The molecule has 734 valence electrons. The molecule has 16 nitrogen and oxygen atoms in total. The fourth-order valence-corrected chi connectivity index (χ4v) is 16.2. The Morgan fingerprint density at radius 1 is 0.220 bits per heavy atom. The number of unbranched alkanes of at least 4 members (excludes halogenated alkanes) is 52. The normalized spacial score (nSPS) is 14.2. The van der Waals surface area contributed by atoms with E-state index in [4.69, 9.17) is 32.3 Å². The molecule has 0 radical (unpaired) electrons. The van der Waals surface area contributed by atoms with Crippen molar-refractivity contribution in [2.75, 3.05) is 39.6 Å². The quantitative estimate of drug-likeness (QED) is 0.0146. The number of rotatable bonds is 99. The Balaban J connectivity index is 4.62. The first kappa shape index (κ1) is 122. The first-order chi connectivity index (χ1) is 62.2. The summed E-state index contributed by atoms with van der Waals surface area (Å²) < 4.78 is 61.7. The number of ether oxygens (including phenoxy) is 3. The molecule has 0 amide bonds. The molecule has 0 spiro atoms. The second-order valence-electron chi connectivity index (χ2n) is 35.0. The average Bonchev–Trinajstić information content (AvgIpc) is 0.955. The van der Waals surface area contributed by atoms with Crippen molar-refractivity contribution in [2.24, 2.45) is 0 Å². The molecule has 4 N–H and O–H groups in total. The summed E-state index contributed by atoms with van der Waals surface area (Å²) in [7, 11) is -9.82. The van der Waals surface area contributed by atoms with Crippen LogP contribution < -0.4 is 0 Å². The van der Waals surface area contributed by atoms with Crippen molar-refractivity contribution in [2.45, 2.75) is 489 Å². The molecule has 127 heavy (non-hydrogen) atoms. The lowest BCUT2D eigenvalue weighted by Crippen LogP contribution is -2.30. The van der Waals surface area contributed by atoms with E-state index in [0.29, 0.717) is 19.3 Å². The number of allylic oxidation sites excluding steroid dienone is 24. The highest BCUT2D eigenvalue weighted by Crippen LogP contribution is 2.45. The van der Waals surface area contributed by atoms with Gasteiger partial charge in [-0.25, -0.2) is 9.13 Å². The molecule has 0 aromatic heterocycles. The summed E-state index contributed by atoms with van der Waals surface area (Å²) in [6.07, 6.45) is 129. The highest BCUT2D eigenvalue weighted by Gasteiger charge is 2.30. The number of hydrogen-bond donors (Lipinski definition) is 4. The maximum Gasteiger partial charge on any atom is 0.472 e. The molecule has 0 aromatic carbocycles. The maximum atomic E-state index is 13.1. The van der Waals surface area contributed by atoms with Crippen LogP contribution in [0.15, 0.2) is 146 Å². The number of esters is 3. The molecule has 18 heteroatoms. The van der Waals surface area contributed by atoms with Crippen LogP contribution in [0.4, 0.5) is 0 Å². The van der Waals surface area contributed by atoms with Crippen molar-refractivity contribution < 1.29 is 75.8 Å². The lowest BCUT2D eigenvalue weighted by molar-refractivity contribution is -0.161. The summed E-state index contributed by atoms with van der Waals surface area (Å²) >= 11 is 0. The van der Waals surface area contributed by atoms with Crippen LogP contribution in [0.2, 0.25) is 0 Å². The zero-order valence-electron chi connectivity index (χ0n) is 81.4. The topological polar surface area (TPSA) is 231 Å². The van der Waals surface area contributed by atoms with Crippen LogP contribution in [-0.4, -0.2) is 95.9 Å². The number of carbonyl (C=O) groups is 3. The molecule has 0 aromatic rings. The third-order valence-corrected chi connectivity index (χ3v) is 24.4. The van der Waals surface area contributed by atoms with Crippen LogP contribution in [0, 0.1) is 0 Å². The van der Waals surface area contributed by atoms with Gasteiger partial charge in [0.2, 0.25) is 0 Å². The number of phosphoric ester groups is 2. The van der Waals surface area contributed by atoms with E-state index in [1.807, 2.05) is 0 Å². The standard InChI is InChI=1S/C109H192O16P2/c1-4-7-10-13-16-19-22-25-28-31-34-37-40-43-46-49-51-54-56-59-62-65-68-71-74-77-80-83-86-89-92-95-107(112)119-98-104(110)99-121-126(115,116)122-100-105(111)101-123-127(117,118)124-103-106(125-109(114)97-94-91-88-85-82-79-76-73-70-67-64-61-58-53-48-45-42-39-36-33-30-27-24-21-18-15-12-9-6-3)102-120-108(113)96-93-90-87-84-81-78-75-72-69-66-63-60-57-55-52-50-47-44-41-38-35-32-29-26-23-20-17-14-11-8-5-2/h16-21,25-30,34-39,43-48,104-106,110-111H,4-15,22-24,31-33,40-42,49-103H2,1-3H3,(H,115,116)(H,117,118)/b19-16-,20-17-,21-18-,28-25-,29-26-,30-27-,37-34-,38-35-,39-36-,46-43-,47-44-,48-45-. The predicted octanol–water partition coefficient (Wildman–Crippen LogP) is 33.0. The summed E-state index contributed by atoms with van der Waals surface area (Å²) in [5, 5.41) is 20.8. The minimum Gasteiger partial charge on any atom is -0.463 e. The first-order valence-corrected chi connectivity index (χ1v) is 55.1. The summed E-state index contributed by atoms with van der Waals surface area (Å²) in [5.74, 6) is -1.55. The van der Waals surface area contributed by atoms with Gasteiger partial charge in [-0.3, -0.25) is 32.5 Å². The summed E-state index contributed by atoms with van der Waals surface area (Å²) in [6.45, 7) is 2.69. The zero-order valence-corrected chi connectivity index (χ0v) is 83.2. The zero-order chi connectivity index (χ0) is 92.1. The van der Waals surface area contributed by atoms with Crippen molar-refractivity contribution >= 4 is 33.6 Å². The first-order valence-electron chi connectivity index (χ1n) is 52.1. The SMILES string of the molecule is CCCCC/C=C\C/C=C\C/C=C\C/C=C\CCCCCCCCCCCCCCCCCC(=O)OCC(O)COP(=O)(O)OCC(O)COP(=O)(O)OCC(COC(=O)CCCCCCCCCCCCCCCCC/C=C\C/C=C\C/C=C\C/C=C\CCCCC)OC(=O)CCCCCCCCCCCCCCC/C=C\C/C=C\C/C=C\C/C=C\CCCCC. The largest absolute Gasteiger partial charge is 0.472 e. The van der Waals surface area contributed by atoms with Gasteiger partial charge in [-0.1, -0.05) is 443 Å². The molecule has 0 aliphatic heterocycles. The second kappa shape index (κ2) is 100. The van der Waals surface area contributed by atoms with E-state index in [1.165, 1.54) is 283 Å². The monoisotopic (exact) mass is 1820 g/mol.